The Bertz CT molecular complexity index is 268. The number of hydrogen-bond acceptors (Lipinski definition) is 2. The van der Waals surface area contributed by atoms with Crippen molar-refractivity contribution in [3.8, 4) is 0 Å². The first-order chi connectivity index (χ1) is 4.22. The molecule has 4 heteroatoms. The number of H-pyrrole nitrogens is 1. The van der Waals surface area contributed by atoms with E-state index < -0.39 is 0 Å². The topological polar surface area (TPSA) is 45.8 Å². The molecular formula is C5H5BrN2O. The molecule has 0 bridgehead atoms. The van der Waals surface area contributed by atoms with E-state index in [0.717, 1.165) is 0 Å². The molecule has 0 atom stereocenters. The fourth-order valence-electron chi connectivity index (χ4n) is 0.446. The average molecular weight is 189 g/mol. The minimum absolute atomic E-state index is 0.100. The highest BCUT2D eigenvalue weighted by Crippen LogP contribution is 2.04. The van der Waals surface area contributed by atoms with E-state index in [0.29, 0.717) is 10.2 Å². The van der Waals surface area contributed by atoms with E-state index in [1.807, 2.05) is 0 Å². The van der Waals surface area contributed by atoms with Crippen LogP contribution in [0.2, 0.25) is 0 Å². The molecule has 0 spiro atoms. The predicted octanol–water partition coefficient (Wildman–Crippen LogP) is 0.841. The van der Waals surface area contributed by atoms with Gasteiger partial charge in [0.1, 0.15) is 4.60 Å². The van der Waals surface area contributed by atoms with Crippen molar-refractivity contribution in [3.05, 3.63) is 26.8 Å². The summed E-state index contributed by atoms with van der Waals surface area (Å²) in [5, 5.41) is 0. The zero-order valence-electron chi connectivity index (χ0n) is 4.81. The molecule has 0 aliphatic heterocycles. The molecular weight excluding hydrogens is 184 g/mol. The quantitative estimate of drug-likeness (QED) is 0.614. The van der Waals surface area contributed by atoms with Crippen LogP contribution in [0.4, 0.5) is 0 Å². The Morgan fingerprint density at radius 1 is 1.78 bits per heavy atom. The molecule has 9 heavy (non-hydrogen) atoms. The van der Waals surface area contributed by atoms with E-state index >= 15 is 0 Å². The van der Waals surface area contributed by atoms with E-state index in [1.54, 1.807) is 6.92 Å². The summed E-state index contributed by atoms with van der Waals surface area (Å²) in [5.74, 6) is 0. The molecule has 0 aliphatic carbocycles. The van der Waals surface area contributed by atoms with Crippen LogP contribution in [0.1, 0.15) is 5.56 Å². The van der Waals surface area contributed by atoms with Crippen LogP contribution in [0.15, 0.2) is 15.7 Å². The molecule has 0 unspecified atom stereocenters. The molecule has 1 aromatic rings. The van der Waals surface area contributed by atoms with Gasteiger partial charge in [0, 0.05) is 5.56 Å². The second-order valence-electron chi connectivity index (χ2n) is 1.65. The summed E-state index contributed by atoms with van der Waals surface area (Å²) in [7, 11) is 0. The zero-order chi connectivity index (χ0) is 6.85. The van der Waals surface area contributed by atoms with E-state index in [4.69, 9.17) is 0 Å². The van der Waals surface area contributed by atoms with Crippen LogP contribution in [-0.4, -0.2) is 9.97 Å². The van der Waals surface area contributed by atoms with Crippen LogP contribution in [0.3, 0.4) is 0 Å². The second-order valence-corrected chi connectivity index (χ2v) is 2.40. The first-order valence-electron chi connectivity index (χ1n) is 2.41. The fourth-order valence-corrected chi connectivity index (χ4v) is 0.729. The maximum Gasteiger partial charge on any atom is 0.254 e. The number of nitrogens with zero attached hydrogens (tertiary/aromatic N) is 1. The Labute approximate surface area is 60.3 Å². The van der Waals surface area contributed by atoms with Gasteiger partial charge in [0.05, 0.1) is 6.33 Å². The van der Waals surface area contributed by atoms with Gasteiger partial charge in [-0.1, -0.05) is 0 Å². The van der Waals surface area contributed by atoms with E-state index in [-0.39, 0.29) is 5.56 Å². The highest BCUT2D eigenvalue weighted by atomic mass is 79.9. The molecule has 0 aromatic carbocycles. The van der Waals surface area contributed by atoms with Gasteiger partial charge in [0.15, 0.2) is 0 Å². The number of aromatic amines is 1. The van der Waals surface area contributed by atoms with Crippen LogP contribution in [0.25, 0.3) is 0 Å². The lowest BCUT2D eigenvalue weighted by molar-refractivity contribution is 1.05. The molecule has 1 N–H and O–H groups in total. The number of rotatable bonds is 0. The maximum atomic E-state index is 10.7. The molecule has 0 amide bonds. The van der Waals surface area contributed by atoms with Crippen LogP contribution < -0.4 is 5.56 Å². The van der Waals surface area contributed by atoms with Gasteiger partial charge in [-0.2, -0.15) is 0 Å². The van der Waals surface area contributed by atoms with Crippen LogP contribution in [-0.2, 0) is 0 Å². The summed E-state index contributed by atoms with van der Waals surface area (Å²) < 4.78 is 0.603. The van der Waals surface area contributed by atoms with Gasteiger partial charge in [-0.25, -0.2) is 4.98 Å². The van der Waals surface area contributed by atoms with Gasteiger partial charge in [0.2, 0.25) is 0 Å². The lowest BCUT2D eigenvalue weighted by atomic mass is 10.4. The van der Waals surface area contributed by atoms with Crippen LogP contribution in [0.5, 0.6) is 0 Å². The molecule has 0 aliphatic rings. The third-order valence-corrected chi connectivity index (χ3v) is 1.82. The van der Waals surface area contributed by atoms with E-state index in [1.165, 1.54) is 6.33 Å². The molecule has 0 radical (unpaired) electrons. The van der Waals surface area contributed by atoms with Gasteiger partial charge in [0.25, 0.3) is 5.56 Å². The van der Waals surface area contributed by atoms with Gasteiger partial charge in [-0.15, -0.1) is 0 Å². The maximum absolute atomic E-state index is 10.7. The number of halogens is 1. The summed E-state index contributed by atoms with van der Waals surface area (Å²) in [6, 6.07) is 0. The second kappa shape index (κ2) is 2.31. The van der Waals surface area contributed by atoms with Crippen molar-refractivity contribution in [3.63, 3.8) is 0 Å². The monoisotopic (exact) mass is 188 g/mol. The van der Waals surface area contributed by atoms with Crippen LogP contribution >= 0.6 is 15.9 Å². The molecule has 0 saturated carbocycles. The Balaban J connectivity index is 3.43. The van der Waals surface area contributed by atoms with Crippen molar-refractivity contribution in [2.24, 2.45) is 0 Å². The summed E-state index contributed by atoms with van der Waals surface area (Å²) >= 11 is 3.11. The van der Waals surface area contributed by atoms with Gasteiger partial charge >= 0.3 is 0 Å². The molecule has 0 saturated heterocycles. The van der Waals surface area contributed by atoms with Gasteiger partial charge in [-0.3, -0.25) is 4.79 Å². The van der Waals surface area contributed by atoms with Crippen molar-refractivity contribution in [2.45, 2.75) is 6.92 Å². The number of hydrogen-bond donors (Lipinski definition) is 1. The Morgan fingerprint density at radius 3 is 2.89 bits per heavy atom. The first kappa shape index (κ1) is 6.48. The van der Waals surface area contributed by atoms with E-state index in [9.17, 15) is 4.79 Å². The largest absolute Gasteiger partial charge is 0.313 e. The highest BCUT2D eigenvalue weighted by Gasteiger charge is 1.96. The molecule has 0 fully saturated rings. The van der Waals surface area contributed by atoms with Crippen molar-refractivity contribution in [2.75, 3.05) is 0 Å². The van der Waals surface area contributed by atoms with Crippen LogP contribution in [0, 0.1) is 6.92 Å². The predicted molar refractivity (Wildman–Crippen MR) is 37.3 cm³/mol. The third-order valence-electron chi connectivity index (χ3n) is 1.02. The minimum Gasteiger partial charge on any atom is -0.313 e. The smallest absolute Gasteiger partial charge is 0.254 e. The van der Waals surface area contributed by atoms with Crippen molar-refractivity contribution >= 4 is 15.9 Å². The van der Waals surface area contributed by atoms with Crippen molar-refractivity contribution in [1.29, 1.82) is 0 Å². The minimum atomic E-state index is -0.100. The van der Waals surface area contributed by atoms with Crippen molar-refractivity contribution < 1.29 is 0 Å². The Kier molecular flexibility index (Phi) is 1.66. The lowest BCUT2D eigenvalue weighted by Crippen LogP contribution is -2.09. The zero-order valence-corrected chi connectivity index (χ0v) is 6.40. The fraction of sp³-hybridized carbons (Fsp3) is 0.200. The molecule has 3 nitrogen and oxygen atoms in total. The first-order valence-corrected chi connectivity index (χ1v) is 3.21. The summed E-state index contributed by atoms with van der Waals surface area (Å²) in [5.41, 5.74) is 0.509. The Morgan fingerprint density at radius 2 is 2.44 bits per heavy atom. The molecule has 1 heterocycles. The molecule has 48 valence electrons. The highest BCUT2D eigenvalue weighted by molar-refractivity contribution is 9.10. The van der Waals surface area contributed by atoms with Crippen molar-refractivity contribution in [1.82, 2.24) is 9.97 Å². The SMILES string of the molecule is Cc1c(Br)nc[nH]c1=O. The van der Waals surface area contributed by atoms with Gasteiger partial charge < -0.3 is 4.98 Å². The summed E-state index contributed by atoms with van der Waals surface area (Å²) in [6.45, 7) is 1.70. The van der Waals surface area contributed by atoms with Gasteiger partial charge in [-0.05, 0) is 22.9 Å². The summed E-state index contributed by atoms with van der Waals surface area (Å²) in [4.78, 5) is 17.0. The molecule has 1 aromatic heterocycles. The lowest BCUT2D eigenvalue weighted by Gasteiger charge is -1.90. The molecule has 1 rings (SSSR count). The Hall–Kier alpha value is -0.640. The van der Waals surface area contributed by atoms with E-state index in [2.05, 4.69) is 25.9 Å². The number of nitrogens with one attached hydrogen (secondary N) is 1. The third kappa shape index (κ3) is 1.18. The summed E-state index contributed by atoms with van der Waals surface area (Å²) in [6.07, 6.45) is 1.36. The normalized spacial score (nSPS) is 9.56. The average Bonchev–Trinajstić information content (AvgIpc) is 1.83. The number of aromatic nitrogens is 2. The standard InChI is InChI=1S/C5H5BrN2O/c1-3-4(6)7-2-8-5(3)9/h2H,1H3,(H,7,8,9).